The number of rotatable bonds is 8. The molecule has 1 aliphatic rings. The van der Waals surface area contributed by atoms with Crippen LogP contribution in [-0.4, -0.2) is 39.7 Å². The van der Waals surface area contributed by atoms with E-state index in [-0.39, 0.29) is 29.4 Å². The SMILES string of the molecule is COc1nc(C)c(Nc2nc(Cl)c([C@@H](COC(=O)Nc3cccnc3)C3CC3)[nH]c2=O)cc1C. The smallest absolute Gasteiger partial charge is 0.411 e. The molecule has 1 saturated carbocycles. The number of carbonyl (C=O) groups is 1. The van der Waals surface area contributed by atoms with Crippen molar-refractivity contribution in [3.05, 3.63) is 63.1 Å². The monoisotopic (exact) mass is 484 g/mol. The van der Waals surface area contributed by atoms with E-state index < -0.39 is 11.7 Å². The van der Waals surface area contributed by atoms with Gasteiger partial charge in [0.25, 0.3) is 5.56 Å². The Labute approximate surface area is 201 Å². The van der Waals surface area contributed by atoms with Crippen LogP contribution in [0, 0.1) is 19.8 Å². The Balaban J connectivity index is 1.50. The summed E-state index contributed by atoms with van der Waals surface area (Å²) in [5, 5.41) is 5.77. The second-order valence-corrected chi connectivity index (χ2v) is 8.46. The number of halogens is 1. The van der Waals surface area contributed by atoms with Crippen molar-refractivity contribution in [2.75, 3.05) is 24.4 Å². The lowest BCUT2D eigenvalue weighted by atomic mass is 10.0. The van der Waals surface area contributed by atoms with Gasteiger partial charge in [-0.2, -0.15) is 0 Å². The number of carbonyl (C=O) groups excluding carboxylic acids is 1. The second-order valence-electron chi connectivity index (χ2n) is 8.10. The zero-order valence-corrected chi connectivity index (χ0v) is 19.8. The molecular weight excluding hydrogens is 460 g/mol. The number of aryl methyl sites for hydroxylation is 2. The lowest BCUT2D eigenvalue weighted by Crippen LogP contribution is -2.23. The molecule has 1 amide bonds. The molecule has 10 nitrogen and oxygen atoms in total. The van der Waals surface area contributed by atoms with E-state index in [1.165, 1.54) is 6.20 Å². The minimum atomic E-state index is -0.610. The summed E-state index contributed by atoms with van der Waals surface area (Å²) in [7, 11) is 1.55. The van der Waals surface area contributed by atoms with Crippen LogP contribution >= 0.6 is 11.6 Å². The predicted octanol–water partition coefficient (Wildman–Crippen LogP) is 4.32. The Kier molecular flexibility index (Phi) is 6.97. The van der Waals surface area contributed by atoms with E-state index in [1.54, 1.807) is 32.4 Å². The van der Waals surface area contributed by atoms with Crippen LogP contribution in [0.3, 0.4) is 0 Å². The van der Waals surface area contributed by atoms with Crippen molar-refractivity contribution in [1.82, 2.24) is 19.9 Å². The van der Waals surface area contributed by atoms with Gasteiger partial charge in [0.05, 0.1) is 36.1 Å². The first kappa shape index (κ1) is 23.5. The zero-order valence-electron chi connectivity index (χ0n) is 19.0. The molecule has 0 saturated heterocycles. The molecule has 11 heteroatoms. The Morgan fingerprint density at radius 1 is 1.32 bits per heavy atom. The van der Waals surface area contributed by atoms with Crippen LogP contribution in [-0.2, 0) is 4.74 Å². The quantitative estimate of drug-likeness (QED) is 0.430. The van der Waals surface area contributed by atoms with Gasteiger partial charge in [0.15, 0.2) is 11.0 Å². The van der Waals surface area contributed by atoms with E-state index in [4.69, 9.17) is 21.1 Å². The van der Waals surface area contributed by atoms with E-state index in [2.05, 4.69) is 30.6 Å². The first-order valence-electron chi connectivity index (χ1n) is 10.8. The molecule has 34 heavy (non-hydrogen) atoms. The lowest BCUT2D eigenvalue weighted by molar-refractivity contribution is 0.149. The average molecular weight is 485 g/mol. The fourth-order valence-corrected chi connectivity index (χ4v) is 3.90. The van der Waals surface area contributed by atoms with Crippen molar-refractivity contribution in [2.45, 2.75) is 32.6 Å². The van der Waals surface area contributed by atoms with Gasteiger partial charge >= 0.3 is 6.09 Å². The van der Waals surface area contributed by atoms with E-state index in [0.29, 0.717) is 28.6 Å². The Bertz CT molecular complexity index is 1250. The van der Waals surface area contributed by atoms with Crippen molar-refractivity contribution in [1.29, 1.82) is 0 Å². The highest BCUT2D eigenvalue weighted by Crippen LogP contribution is 2.43. The Hall–Kier alpha value is -3.66. The summed E-state index contributed by atoms with van der Waals surface area (Å²) in [6, 6.07) is 5.24. The third-order valence-electron chi connectivity index (χ3n) is 5.56. The van der Waals surface area contributed by atoms with Crippen LogP contribution in [0.2, 0.25) is 5.15 Å². The summed E-state index contributed by atoms with van der Waals surface area (Å²) in [6.07, 6.45) is 4.42. The van der Waals surface area contributed by atoms with Crippen LogP contribution in [0.5, 0.6) is 5.88 Å². The van der Waals surface area contributed by atoms with E-state index in [1.807, 2.05) is 13.0 Å². The maximum absolute atomic E-state index is 12.8. The molecule has 1 fully saturated rings. The van der Waals surface area contributed by atoms with Crippen molar-refractivity contribution in [3.63, 3.8) is 0 Å². The minimum Gasteiger partial charge on any atom is -0.481 e. The molecule has 1 aliphatic carbocycles. The molecular formula is C23H25ClN6O4. The third kappa shape index (κ3) is 5.45. The Morgan fingerprint density at radius 3 is 2.79 bits per heavy atom. The van der Waals surface area contributed by atoms with E-state index in [0.717, 1.165) is 18.4 Å². The highest BCUT2D eigenvalue weighted by atomic mass is 35.5. The molecule has 0 aromatic carbocycles. The molecule has 0 aliphatic heterocycles. The molecule has 3 aromatic rings. The molecule has 4 rings (SSSR count). The van der Waals surface area contributed by atoms with Gasteiger partial charge in [0.1, 0.15) is 6.61 Å². The van der Waals surface area contributed by atoms with Gasteiger partial charge in [-0.05, 0) is 50.8 Å². The van der Waals surface area contributed by atoms with Gasteiger partial charge < -0.3 is 19.8 Å². The van der Waals surface area contributed by atoms with Gasteiger partial charge in [0.2, 0.25) is 5.88 Å². The van der Waals surface area contributed by atoms with Gasteiger partial charge in [0, 0.05) is 17.7 Å². The van der Waals surface area contributed by atoms with Crippen LogP contribution in [0.4, 0.5) is 22.0 Å². The summed E-state index contributed by atoms with van der Waals surface area (Å²) in [6.45, 7) is 3.71. The van der Waals surface area contributed by atoms with Crippen LogP contribution < -0.4 is 20.9 Å². The number of anilines is 3. The normalized spacial score (nSPS) is 13.8. The zero-order chi connectivity index (χ0) is 24.2. The topological polar surface area (TPSA) is 131 Å². The Morgan fingerprint density at radius 2 is 2.12 bits per heavy atom. The van der Waals surface area contributed by atoms with Crippen molar-refractivity contribution in [2.24, 2.45) is 5.92 Å². The van der Waals surface area contributed by atoms with E-state index >= 15 is 0 Å². The average Bonchev–Trinajstić information content (AvgIpc) is 3.65. The molecule has 3 aromatic heterocycles. The first-order chi connectivity index (χ1) is 16.4. The molecule has 0 spiro atoms. The third-order valence-corrected chi connectivity index (χ3v) is 5.85. The van der Waals surface area contributed by atoms with Gasteiger partial charge in [-0.1, -0.05) is 11.6 Å². The van der Waals surface area contributed by atoms with Crippen LogP contribution in [0.25, 0.3) is 0 Å². The maximum Gasteiger partial charge on any atom is 0.411 e. The van der Waals surface area contributed by atoms with Crippen molar-refractivity contribution < 1.29 is 14.3 Å². The number of nitrogens with zero attached hydrogens (tertiary/aromatic N) is 3. The summed E-state index contributed by atoms with van der Waals surface area (Å²) < 4.78 is 10.6. The van der Waals surface area contributed by atoms with Gasteiger partial charge in [-0.3, -0.25) is 15.1 Å². The van der Waals surface area contributed by atoms with Crippen LogP contribution in [0.1, 0.15) is 35.7 Å². The molecule has 0 bridgehead atoms. The maximum atomic E-state index is 12.8. The lowest BCUT2D eigenvalue weighted by Gasteiger charge is -2.18. The summed E-state index contributed by atoms with van der Waals surface area (Å²) in [5.74, 6) is 0.537. The molecule has 0 radical (unpaired) electrons. The summed E-state index contributed by atoms with van der Waals surface area (Å²) >= 11 is 6.48. The fourth-order valence-electron chi connectivity index (χ4n) is 3.63. The minimum absolute atomic E-state index is 0.0491. The van der Waals surface area contributed by atoms with Gasteiger partial charge in [-0.25, -0.2) is 14.8 Å². The number of aromatic nitrogens is 4. The number of methoxy groups -OCH3 is 1. The highest BCUT2D eigenvalue weighted by molar-refractivity contribution is 6.30. The highest BCUT2D eigenvalue weighted by Gasteiger charge is 2.36. The number of hydrogen-bond acceptors (Lipinski definition) is 8. The number of ether oxygens (including phenoxy) is 2. The standard InChI is InChI=1S/C23H25ClN6O4/c1-12-9-17(13(2)26-22(12)33-3)28-20-21(31)29-18(19(24)30-20)16(14-6-7-14)11-34-23(32)27-15-5-4-8-25-10-15/h4-5,8-10,14,16H,6-7,11H2,1-3H3,(H,27,32)(H,28,30)(H,29,31)/t16-/m0/s1. The van der Waals surface area contributed by atoms with Crippen LogP contribution in [0.15, 0.2) is 35.4 Å². The molecule has 3 N–H and O–H groups in total. The molecule has 1 atom stereocenters. The fraction of sp³-hybridized carbons (Fsp3) is 0.348. The van der Waals surface area contributed by atoms with Crippen molar-refractivity contribution >= 4 is 34.9 Å². The number of amides is 1. The summed E-state index contributed by atoms with van der Waals surface area (Å²) in [4.78, 5) is 40.5. The van der Waals surface area contributed by atoms with Gasteiger partial charge in [-0.15, -0.1) is 0 Å². The number of pyridine rings is 2. The predicted molar refractivity (Wildman–Crippen MR) is 128 cm³/mol. The number of nitrogens with one attached hydrogen (secondary N) is 3. The largest absolute Gasteiger partial charge is 0.481 e. The van der Waals surface area contributed by atoms with E-state index in [9.17, 15) is 9.59 Å². The number of H-pyrrole nitrogens is 1. The summed E-state index contributed by atoms with van der Waals surface area (Å²) in [5.41, 5.74) is 2.62. The number of aromatic amines is 1. The number of hydrogen-bond donors (Lipinski definition) is 3. The van der Waals surface area contributed by atoms with Crippen molar-refractivity contribution in [3.8, 4) is 5.88 Å². The molecule has 0 unspecified atom stereocenters. The molecule has 3 heterocycles. The first-order valence-corrected chi connectivity index (χ1v) is 11.2. The molecule has 178 valence electrons. The second kappa shape index (κ2) is 10.1.